The van der Waals surface area contributed by atoms with Crippen molar-refractivity contribution < 1.29 is 14.3 Å². The Morgan fingerprint density at radius 3 is 2.42 bits per heavy atom. The van der Waals surface area contributed by atoms with Gasteiger partial charge in [-0.2, -0.15) is 0 Å². The third-order valence-electron chi connectivity index (χ3n) is 5.87. The lowest BCUT2D eigenvalue weighted by molar-refractivity contribution is -0.135. The van der Waals surface area contributed by atoms with E-state index in [1.165, 1.54) is 5.56 Å². The van der Waals surface area contributed by atoms with Gasteiger partial charge in [-0.15, -0.1) is 0 Å². The largest absolute Gasteiger partial charge is 0.452 e. The summed E-state index contributed by atoms with van der Waals surface area (Å²) in [5.41, 5.74) is 2.13. The van der Waals surface area contributed by atoms with Crippen LogP contribution in [0.3, 0.4) is 0 Å². The summed E-state index contributed by atoms with van der Waals surface area (Å²) in [5, 5.41) is 0. The van der Waals surface area contributed by atoms with Gasteiger partial charge in [0.05, 0.1) is 5.56 Å². The molecule has 0 spiro atoms. The van der Waals surface area contributed by atoms with E-state index >= 15 is 0 Å². The quantitative estimate of drug-likeness (QED) is 0.751. The van der Waals surface area contributed by atoms with Crippen LogP contribution in [0.15, 0.2) is 24.3 Å². The predicted molar refractivity (Wildman–Crippen MR) is 102 cm³/mol. The van der Waals surface area contributed by atoms with E-state index in [2.05, 4.69) is 34.6 Å². The van der Waals surface area contributed by atoms with Crippen LogP contribution in [-0.4, -0.2) is 36.0 Å². The lowest BCUT2D eigenvalue weighted by Gasteiger charge is -2.39. The highest BCUT2D eigenvalue weighted by molar-refractivity contribution is 5.91. The van der Waals surface area contributed by atoms with E-state index < -0.39 is 5.97 Å². The van der Waals surface area contributed by atoms with Gasteiger partial charge in [-0.05, 0) is 53.7 Å². The number of ether oxygens (including phenoxy) is 1. The molecule has 2 fully saturated rings. The van der Waals surface area contributed by atoms with Gasteiger partial charge < -0.3 is 9.64 Å². The van der Waals surface area contributed by atoms with Crippen LogP contribution in [0.2, 0.25) is 0 Å². The van der Waals surface area contributed by atoms with Gasteiger partial charge in [-0.3, -0.25) is 4.79 Å². The number of rotatable bonds is 4. The number of fused-ring (bicyclic) bond motifs is 2. The van der Waals surface area contributed by atoms with Gasteiger partial charge in [0, 0.05) is 12.6 Å². The summed E-state index contributed by atoms with van der Waals surface area (Å²) < 4.78 is 5.31. The molecule has 1 saturated carbocycles. The highest BCUT2D eigenvalue weighted by Crippen LogP contribution is 2.52. The highest BCUT2D eigenvalue weighted by Gasteiger charge is 2.50. The van der Waals surface area contributed by atoms with Crippen molar-refractivity contribution in [1.82, 2.24) is 4.90 Å². The van der Waals surface area contributed by atoms with Crippen LogP contribution in [0.5, 0.6) is 0 Å². The van der Waals surface area contributed by atoms with Crippen molar-refractivity contribution in [1.29, 1.82) is 0 Å². The van der Waals surface area contributed by atoms with Gasteiger partial charge >= 0.3 is 5.97 Å². The molecule has 0 radical (unpaired) electrons. The Morgan fingerprint density at radius 1 is 1.15 bits per heavy atom. The molecule has 4 nitrogen and oxygen atoms in total. The minimum atomic E-state index is -0.428. The Balaban J connectivity index is 1.58. The molecular formula is C22H31NO3. The number of nitrogens with zero attached hydrogens (tertiary/aromatic N) is 1. The van der Waals surface area contributed by atoms with E-state index in [-0.39, 0.29) is 29.4 Å². The van der Waals surface area contributed by atoms with Crippen LogP contribution in [0.25, 0.3) is 0 Å². The van der Waals surface area contributed by atoms with Gasteiger partial charge in [-0.1, -0.05) is 46.8 Å². The lowest BCUT2D eigenvalue weighted by Crippen LogP contribution is -2.39. The molecule has 0 unspecified atom stereocenters. The zero-order chi connectivity index (χ0) is 19.1. The number of carbonyl (C=O) groups is 2. The molecule has 142 valence electrons. The molecule has 0 aromatic heterocycles. The Labute approximate surface area is 156 Å². The molecule has 0 N–H and O–H groups in total. The van der Waals surface area contributed by atoms with E-state index in [1.807, 2.05) is 17.0 Å². The number of hydrogen-bond donors (Lipinski definition) is 0. The van der Waals surface area contributed by atoms with Crippen LogP contribution in [0, 0.1) is 10.8 Å². The fourth-order valence-electron chi connectivity index (χ4n) is 5.05. The molecule has 2 atom stereocenters. The molecule has 1 heterocycles. The molecule has 1 aliphatic heterocycles. The second-order valence-corrected chi connectivity index (χ2v) is 9.59. The Bertz CT molecular complexity index is 692. The molecule has 1 saturated heterocycles. The fraction of sp³-hybridized carbons (Fsp3) is 0.636. The summed E-state index contributed by atoms with van der Waals surface area (Å²) in [6, 6.07) is 7.70. The van der Waals surface area contributed by atoms with Gasteiger partial charge in [-0.25, -0.2) is 4.79 Å². The highest BCUT2D eigenvalue weighted by atomic mass is 16.5. The van der Waals surface area contributed by atoms with Gasteiger partial charge in [0.25, 0.3) is 5.91 Å². The third kappa shape index (κ3) is 3.94. The first kappa shape index (κ1) is 18.9. The maximum absolute atomic E-state index is 12.7. The number of carbonyl (C=O) groups excluding carboxylic acids is 2. The monoisotopic (exact) mass is 357 g/mol. The second-order valence-electron chi connectivity index (χ2n) is 9.59. The molecule has 26 heavy (non-hydrogen) atoms. The van der Waals surface area contributed by atoms with E-state index in [0.29, 0.717) is 11.5 Å². The van der Waals surface area contributed by atoms with E-state index in [0.717, 1.165) is 25.8 Å². The molecule has 2 aliphatic rings. The van der Waals surface area contributed by atoms with Crippen LogP contribution >= 0.6 is 0 Å². The van der Waals surface area contributed by atoms with Crippen molar-refractivity contribution in [2.75, 3.05) is 13.2 Å². The molecule has 2 bridgehead atoms. The summed E-state index contributed by atoms with van der Waals surface area (Å²) in [6.45, 7) is 11.7. The van der Waals surface area contributed by atoms with Crippen LogP contribution in [-0.2, 0) is 9.53 Å². The molecule has 1 aromatic carbocycles. The summed E-state index contributed by atoms with van der Waals surface area (Å²) in [5.74, 6) is -0.0762. The molecule has 4 heteroatoms. The van der Waals surface area contributed by atoms with Crippen LogP contribution in [0.1, 0.15) is 75.7 Å². The van der Waals surface area contributed by atoms with E-state index in [4.69, 9.17) is 4.74 Å². The van der Waals surface area contributed by atoms with E-state index in [1.54, 1.807) is 12.1 Å². The minimum absolute atomic E-state index is 0.0661. The Morgan fingerprint density at radius 2 is 1.81 bits per heavy atom. The molecule has 1 aliphatic carbocycles. The number of benzene rings is 1. The van der Waals surface area contributed by atoms with Crippen molar-refractivity contribution in [2.45, 2.75) is 65.8 Å². The fourth-order valence-corrected chi connectivity index (χ4v) is 5.05. The summed E-state index contributed by atoms with van der Waals surface area (Å²) in [6.07, 6.45) is 3.23. The first-order valence-corrected chi connectivity index (χ1v) is 9.65. The average Bonchev–Trinajstić information content (AvgIpc) is 2.81. The summed E-state index contributed by atoms with van der Waals surface area (Å²) >= 11 is 0. The first-order valence-electron chi connectivity index (χ1n) is 9.65. The van der Waals surface area contributed by atoms with Gasteiger partial charge in [0.15, 0.2) is 6.61 Å². The average molecular weight is 357 g/mol. The maximum Gasteiger partial charge on any atom is 0.338 e. The molecule has 1 aromatic rings. The van der Waals surface area contributed by atoms with Gasteiger partial charge in [0.2, 0.25) is 0 Å². The van der Waals surface area contributed by atoms with Crippen molar-refractivity contribution in [3.63, 3.8) is 0 Å². The smallest absolute Gasteiger partial charge is 0.338 e. The van der Waals surface area contributed by atoms with Crippen LogP contribution < -0.4 is 0 Å². The third-order valence-corrected chi connectivity index (χ3v) is 5.87. The Hall–Kier alpha value is -1.84. The number of likely N-dealkylation sites (tertiary alicyclic amines) is 1. The minimum Gasteiger partial charge on any atom is -0.452 e. The molecule has 1 amide bonds. The van der Waals surface area contributed by atoms with Gasteiger partial charge in [0.1, 0.15) is 0 Å². The SMILES string of the molecule is CC(C)c1ccc(C(=O)OCC(=O)N2C[C@]3(C)C[C@H]2CC(C)(C)C3)cc1. The molecule has 3 rings (SSSR count). The summed E-state index contributed by atoms with van der Waals surface area (Å²) in [7, 11) is 0. The number of esters is 1. The number of amides is 1. The van der Waals surface area contributed by atoms with Crippen molar-refractivity contribution in [3.05, 3.63) is 35.4 Å². The topological polar surface area (TPSA) is 46.6 Å². The predicted octanol–water partition coefficient (Wildman–Crippen LogP) is 4.39. The Kier molecular flexibility index (Phi) is 4.89. The van der Waals surface area contributed by atoms with E-state index in [9.17, 15) is 9.59 Å². The lowest BCUT2D eigenvalue weighted by atomic mass is 9.65. The first-order chi connectivity index (χ1) is 12.1. The van der Waals surface area contributed by atoms with Crippen LogP contribution in [0.4, 0.5) is 0 Å². The second kappa shape index (κ2) is 6.71. The summed E-state index contributed by atoms with van der Waals surface area (Å²) in [4.78, 5) is 26.9. The molecular weight excluding hydrogens is 326 g/mol. The zero-order valence-corrected chi connectivity index (χ0v) is 16.7. The number of hydrogen-bond acceptors (Lipinski definition) is 3. The van der Waals surface area contributed by atoms with Crippen molar-refractivity contribution in [3.8, 4) is 0 Å². The standard InChI is InChI=1S/C22H31NO3/c1-15(2)16-6-8-17(9-7-16)20(25)26-12-19(24)23-14-22(5)11-18(23)10-21(3,4)13-22/h6-9,15,18H,10-14H2,1-5H3/t18-,22-/m1/s1. The maximum atomic E-state index is 12.7. The van der Waals surface area contributed by atoms with Crippen molar-refractivity contribution in [2.24, 2.45) is 10.8 Å². The van der Waals surface area contributed by atoms with Crippen molar-refractivity contribution >= 4 is 11.9 Å². The normalized spacial score (nSPS) is 26.8. The zero-order valence-electron chi connectivity index (χ0n) is 16.7.